The molecule has 0 bridgehead atoms. The van der Waals surface area contributed by atoms with E-state index in [0.29, 0.717) is 13.2 Å². The lowest BCUT2D eigenvalue weighted by Gasteiger charge is -2.14. The molecule has 0 radical (unpaired) electrons. The molecule has 0 spiro atoms. The fourth-order valence-corrected chi connectivity index (χ4v) is 2.13. The van der Waals surface area contributed by atoms with Gasteiger partial charge in [-0.2, -0.15) is 0 Å². The number of hydrogen-bond acceptors (Lipinski definition) is 3. The Hall–Kier alpha value is -2.07. The van der Waals surface area contributed by atoms with Gasteiger partial charge in [-0.05, 0) is 54.8 Å². The molecule has 2 rings (SSSR count). The van der Waals surface area contributed by atoms with Crippen molar-refractivity contribution in [1.29, 1.82) is 0 Å². The molecule has 0 atom stereocenters. The van der Waals surface area contributed by atoms with Gasteiger partial charge in [-0.15, -0.1) is 0 Å². The Labute approximate surface area is 124 Å². The highest BCUT2D eigenvalue weighted by Gasteiger charge is 2.07. The molecule has 0 fully saturated rings. The van der Waals surface area contributed by atoms with E-state index in [1.54, 1.807) is 13.2 Å². The van der Waals surface area contributed by atoms with Crippen molar-refractivity contribution in [2.75, 3.05) is 13.7 Å². The number of methoxy groups -OCH3 is 1. The molecule has 2 aromatic rings. The van der Waals surface area contributed by atoms with Crippen LogP contribution in [0.5, 0.6) is 11.5 Å². The standard InChI is InChI=1S/C17H20FNO2/c1-12-9-15(18)5-3-14(12)11-21-17-10-16(20-2)6-4-13(17)7-8-19/h3-6,9-10H,7-8,11,19H2,1-2H3. The van der Waals surface area contributed by atoms with Gasteiger partial charge in [-0.25, -0.2) is 4.39 Å². The van der Waals surface area contributed by atoms with Gasteiger partial charge in [-0.1, -0.05) is 12.1 Å². The van der Waals surface area contributed by atoms with Gasteiger partial charge < -0.3 is 15.2 Å². The fraction of sp³-hybridized carbons (Fsp3) is 0.294. The first kappa shape index (κ1) is 15.3. The van der Waals surface area contributed by atoms with E-state index in [1.165, 1.54) is 12.1 Å². The molecule has 112 valence electrons. The molecule has 0 saturated carbocycles. The van der Waals surface area contributed by atoms with E-state index < -0.39 is 0 Å². The SMILES string of the molecule is COc1ccc(CCN)c(OCc2ccc(F)cc2C)c1. The van der Waals surface area contributed by atoms with Crippen LogP contribution in [-0.2, 0) is 13.0 Å². The predicted octanol–water partition coefficient (Wildman–Crippen LogP) is 3.22. The molecule has 0 unspecified atom stereocenters. The summed E-state index contributed by atoms with van der Waals surface area (Å²) in [5.41, 5.74) is 8.49. The van der Waals surface area contributed by atoms with Gasteiger partial charge in [0.1, 0.15) is 23.9 Å². The van der Waals surface area contributed by atoms with Crippen molar-refractivity contribution in [2.45, 2.75) is 20.0 Å². The number of halogens is 1. The lowest BCUT2D eigenvalue weighted by Crippen LogP contribution is -2.06. The van der Waals surface area contributed by atoms with Gasteiger partial charge in [-0.3, -0.25) is 0 Å². The van der Waals surface area contributed by atoms with E-state index >= 15 is 0 Å². The smallest absolute Gasteiger partial charge is 0.126 e. The largest absolute Gasteiger partial charge is 0.497 e. The number of hydrogen-bond donors (Lipinski definition) is 1. The molecule has 0 aliphatic rings. The van der Waals surface area contributed by atoms with Crippen LogP contribution in [0.3, 0.4) is 0 Å². The Morgan fingerprint density at radius 1 is 1.10 bits per heavy atom. The first-order chi connectivity index (χ1) is 10.1. The quantitative estimate of drug-likeness (QED) is 0.888. The summed E-state index contributed by atoms with van der Waals surface area (Å²) in [6.45, 7) is 2.81. The van der Waals surface area contributed by atoms with Crippen molar-refractivity contribution < 1.29 is 13.9 Å². The summed E-state index contributed by atoms with van der Waals surface area (Å²) in [7, 11) is 1.62. The summed E-state index contributed by atoms with van der Waals surface area (Å²) in [6.07, 6.45) is 0.738. The molecule has 0 aromatic heterocycles. The van der Waals surface area contributed by atoms with Gasteiger partial charge in [0.25, 0.3) is 0 Å². The Morgan fingerprint density at radius 3 is 2.52 bits per heavy atom. The number of ether oxygens (including phenoxy) is 2. The molecular weight excluding hydrogens is 269 g/mol. The minimum Gasteiger partial charge on any atom is -0.497 e. The van der Waals surface area contributed by atoms with E-state index in [1.807, 2.05) is 25.1 Å². The first-order valence-electron chi connectivity index (χ1n) is 6.89. The van der Waals surface area contributed by atoms with Crippen LogP contribution in [0.2, 0.25) is 0 Å². The second-order valence-corrected chi connectivity index (χ2v) is 4.87. The van der Waals surface area contributed by atoms with Crippen LogP contribution in [0.1, 0.15) is 16.7 Å². The average Bonchev–Trinajstić information content (AvgIpc) is 2.48. The monoisotopic (exact) mass is 289 g/mol. The van der Waals surface area contributed by atoms with Gasteiger partial charge >= 0.3 is 0 Å². The molecule has 0 aliphatic carbocycles. The van der Waals surface area contributed by atoms with Gasteiger partial charge in [0.2, 0.25) is 0 Å². The number of benzene rings is 2. The van der Waals surface area contributed by atoms with E-state index in [0.717, 1.165) is 34.6 Å². The van der Waals surface area contributed by atoms with Crippen LogP contribution >= 0.6 is 0 Å². The average molecular weight is 289 g/mol. The van der Waals surface area contributed by atoms with Crippen LogP contribution < -0.4 is 15.2 Å². The molecule has 3 nitrogen and oxygen atoms in total. The second kappa shape index (κ2) is 7.09. The summed E-state index contributed by atoms with van der Waals surface area (Å²) < 4.78 is 24.2. The minimum absolute atomic E-state index is 0.235. The Balaban J connectivity index is 2.17. The van der Waals surface area contributed by atoms with Gasteiger partial charge in [0.15, 0.2) is 0 Å². The van der Waals surface area contributed by atoms with Crippen molar-refractivity contribution in [1.82, 2.24) is 0 Å². The van der Waals surface area contributed by atoms with Gasteiger partial charge in [0, 0.05) is 6.07 Å². The maximum atomic E-state index is 13.1. The zero-order valence-corrected chi connectivity index (χ0v) is 12.4. The Kier molecular flexibility index (Phi) is 5.17. The highest BCUT2D eigenvalue weighted by Crippen LogP contribution is 2.26. The fourth-order valence-electron chi connectivity index (χ4n) is 2.13. The van der Waals surface area contributed by atoms with Crippen LogP contribution in [0.4, 0.5) is 4.39 Å². The van der Waals surface area contributed by atoms with Gasteiger partial charge in [0.05, 0.1) is 7.11 Å². The summed E-state index contributed by atoms with van der Waals surface area (Å²) >= 11 is 0. The maximum absolute atomic E-state index is 13.1. The van der Waals surface area contributed by atoms with Crippen LogP contribution in [0, 0.1) is 12.7 Å². The summed E-state index contributed by atoms with van der Waals surface area (Å²) in [5.74, 6) is 1.26. The van der Waals surface area contributed by atoms with Crippen molar-refractivity contribution >= 4 is 0 Å². The second-order valence-electron chi connectivity index (χ2n) is 4.87. The van der Waals surface area contributed by atoms with E-state index in [4.69, 9.17) is 15.2 Å². The molecular formula is C17H20FNO2. The van der Waals surface area contributed by atoms with E-state index in [2.05, 4.69) is 0 Å². The Morgan fingerprint density at radius 2 is 1.86 bits per heavy atom. The van der Waals surface area contributed by atoms with Crippen molar-refractivity contribution in [2.24, 2.45) is 5.73 Å². The predicted molar refractivity (Wildman–Crippen MR) is 81.2 cm³/mol. The number of nitrogens with two attached hydrogens (primary N) is 1. The molecule has 4 heteroatoms. The summed E-state index contributed by atoms with van der Waals surface area (Å²) in [6, 6.07) is 10.4. The summed E-state index contributed by atoms with van der Waals surface area (Å²) in [4.78, 5) is 0. The highest BCUT2D eigenvalue weighted by atomic mass is 19.1. The zero-order chi connectivity index (χ0) is 15.2. The molecule has 0 saturated heterocycles. The first-order valence-corrected chi connectivity index (χ1v) is 6.89. The highest BCUT2D eigenvalue weighted by molar-refractivity contribution is 5.41. The molecule has 0 heterocycles. The van der Waals surface area contributed by atoms with Crippen molar-refractivity contribution in [3.05, 3.63) is 58.9 Å². The lowest BCUT2D eigenvalue weighted by atomic mass is 10.1. The van der Waals surface area contributed by atoms with Crippen LogP contribution in [-0.4, -0.2) is 13.7 Å². The van der Waals surface area contributed by atoms with Crippen molar-refractivity contribution in [3.8, 4) is 11.5 Å². The van der Waals surface area contributed by atoms with E-state index in [9.17, 15) is 4.39 Å². The molecule has 2 aromatic carbocycles. The lowest BCUT2D eigenvalue weighted by molar-refractivity contribution is 0.299. The summed E-state index contributed by atoms with van der Waals surface area (Å²) in [5, 5.41) is 0. The van der Waals surface area contributed by atoms with E-state index in [-0.39, 0.29) is 5.82 Å². The third-order valence-corrected chi connectivity index (χ3v) is 3.38. The zero-order valence-electron chi connectivity index (χ0n) is 12.4. The normalized spacial score (nSPS) is 10.5. The topological polar surface area (TPSA) is 44.5 Å². The maximum Gasteiger partial charge on any atom is 0.126 e. The third kappa shape index (κ3) is 3.95. The third-order valence-electron chi connectivity index (χ3n) is 3.38. The minimum atomic E-state index is -0.235. The Bertz CT molecular complexity index is 614. The molecule has 2 N–H and O–H groups in total. The number of rotatable bonds is 6. The van der Waals surface area contributed by atoms with Crippen LogP contribution in [0.15, 0.2) is 36.4 Å². The van der Waals surface area contributed by atoms with Crippen molar-refractivity contribution in [3.63, 3.8) is 0 Å². The molecule has 0 aliphatic heterocycles. The number of aryl methyl sites for hydroxylation is 1. The molecule has 0 amide bonds. The molecule has 21 heavy (non-hydrogen) atoms. The van der Waals surface area contributed by atoms with Crippen LogP contribution in [0.25, 0.3) is 0 Å².